The molecule has 6 heteroatoms. The maximum atomic E-state index is 13.1. The lowest BCUT2D eigenvalue weighted by molar-refractivity contribution is 0.0985. The largest absolute Gasteiger partial charge is 0.397 e. The molecule has 3 aromatic rings. The molecule has 0 radical (unpaired) electrons. The van der Waals surface area contributed by atoms with Crippen LogP contribution in [0.2, 0.25) is 0 Å². The van der Waals surface area contributed by atoms with Crippen LogP contribution in [0.4, 0.5) is 22.7 Å². The number of nitrogens with one attached hydrogen (secondary N) is 1. The van der Waals surface area contributed by atoms with Crippen LogP contribution in [0.5, 0.6) is 0 Å². The molecule has 1 amide bonds. The molecule has 0 fully saturated rings. The van der Waals surface area contributed by atoms with Crippen LogP contribution in [-0.4, -0.2) is 22.7 Å². The van der Waals surface area contributed by atoms with E-state index in [4.69, 9.17) is 5.73 Å². The molecule has 0 saturated carbocycles. The Morgan fingerprint density at radius 2 is 1.76 bits per heavy atom. The number of amides is 1. The molecular formula is C19H21N5O. The van der Waals surface area contributed by atoms with Crippen molar-refractivity contribution in [3.63, 3.8) is 0 Å². The minimum atomic E-state index is -0.147. The van der Waals surface area contributed by atoms with Gasteiger partial charge in [-0.3, -0.25) is 9.48 Å². The van der Waals surface area contributed by atoms with Crippen molar-refractivity contribution in [2.45, 2.75) is 6.92 Å². The lowest BCUT2D eigenvalue weighted by Gasteiger charge is -2.19. The molecule has 25 heavy (non-hydrogen) atoms. The van der Waals surface area contributed by atoms with Crippen LogP contribution in [0.3, 0.4) is 0 Å². The van der Waals surface area contributed by atoms with Crippen molar-refractivity contribution in [1.82, 2.24) is 9.78 Å². The zero-order chi connectivity index (χ0) is 18.0. The van der Waals surface area contributed by atoms with Crippen LogP contribution < -0.4 is 16.0 Å². The molecule has 3 rings (SSSR count). The van der Waals surface area contributed by atoms with E-state index in [1.165, 1.54) is 0 Å². The fourth-order valence-corrected chi connectivity index (χ4v) is 2.73. The summed E-state index contributed by atoms with van der Waals surface area (Å²) in [5.74, 6) is -0.147. The number of nitrogen functional groups attached to an aromatic ring is 1. The molecule has 0 aliphatic carbocycles. The van der Waals surface area contributed by atoms with Crippen LogP contribution in [0.1, 0.15) is 16.2 Å². The van der Waals surface area contributed by atoms with Gasteiger partial charge in [-0.25, -0.2) is 0 Å². The summed E-state index contributed by atoms with van der Waals surface area (Å²) in [6.07, 6.45) is 0. The second-order valence-corrected chi connectivity index (χ2v) is 5.84. The number of nitrogens with two attached hydrogens (primary N) is 1. The number of anilines is 4. The van der Waals surface area contributed by atoms with Gasteiger partial charge in [0.1, 0.15) is 5.69 Å². The molecule has 1 aromatic heterocycles. The number of benzene rings is 2. The summed E-state index contributed by atoms with van der Waals surface area (Å²) in [6.45, 7) is 1.86. The number of aryl methyl sites for hydroxylation is 2. The van der Waals surface area contributed by atoms with Gasteiger partial charge in [0.25, 0.3) is 5.91 Å². The number of nitrogens with zero attached hydrogens (tertiary/aromatic N) is 3. The predicted molar refractivity (Wildman–Crippen MR) is 101 cm³/mol. The Bertz CT molecular complexity index is 901. The minimum Gasteiger partial charge on any atom is -0.397 e. The first-order valence-electron chi connectivity index (χ1n) is 7.97. The highest BCUT2D eigenvalue weighted by Gasteiger charge is 2.24. The molecule has 0 unspecified atom stereocenters. The van der Waals surface area contributed by atoms with E-state index < -0.39 is 0 Å². The van der Waals surface area contributed by atoms with Crippen molar-refractivity contribution in [1.29, 1.82) is 0 Å². The van der Waals surface area contributed by atoms with Crippen molar-refractivity contribution in [2.24, 2.45) is 7.05 Å². The SMILES string of the molecule is Cc1nn(C)c(C(=O)N(C)c2ccccc2)c1Nc1ccccc1N. The third kappa shape index (κ3) is 3.19. The first-order valence-corrected chi connectivity index (χ1v) is 7.97. The Balaban J connectivity index is 1.99. The molecule has 3 N–H and O–H groups in total. The number of carbonyl (C=O) groups excluding carboxylic acids is 1. The normalized spacial score (nSPS) is 10.5. The van der Waals surface area contributed by atoms with Gasteiger partial charge in [0.2, 0.25) is 0 Å². The first kappa shape index (κ1) is 16.6. The second-order valence-electron chi connectivity index (χ2n) is 5.84. The summed E-state index contributed by atoms with van der Waals surface area (Å²) in [5, 5.41) is 7.66. The number of carbonyl (C=O) groups is 1. The fraction of sp³-hybridized carbons (Fsp3) is 0.158. The van der Waals surface area contributed by atoms with E-state index in [2.05, 4.69) is 10.4 Å². The van der Waals surface area contributed by atoms with Crippen molar-refractivity contribution < 1.29 is 4.79 Å². The molecule has 1 heterocycles. The van der Waals surface area contributed by atoms with Crippen LogP contribution in [0.15, 0.2) is 54.6 Å². The molecule has 0 atom stereocenters. The van der Waals surface area contributed by atoms with Crippen molar-refractivity contribution in [2.75, 3.05) is 23.0 Å². The molecule has 0 spiro atoms. The van der Waals surface area contributed by atoms with Gasteiger partial charge < -0.3 is 16.0 Å². The maximum Gasteiger partial charge on any atom is 0.278 e. The van der Waals surface area contributed by atoms with Gasteiger partial charge in [-0.1, -0.05) is 30.3 Å². The van der Waals surface area contributed by atoms with Crippen LogP contribution in [0.25, 0.3) is 0 Å². The van der Waals surface area contributed by atoms with E-state index in [-0.39, 0.29) is 5.91 Å². The van der Waals surface area contributed by atoms with E-state index in [0.29, 0.717) is 17.1 Å². The van der Waals surface area contributed by atoms with Crippen LogP contribution in [0, 0.1) is 6.92 Å². The summed E-state index contributed by atoms with van der Waals surface area (Å²) in [4.78, 5) is 14.7. The van der Waals surface area contributed by atoms with Gasteiger partial charge in [0.15, 0.2) is 0 Å². The fourth-order valence-electron chi connectivity index (χ4n) is 2.73. The average Bonchev–Trinajstić information content (AvgIpc) is 2.90. The quantitative estimate of drug-likeness (QED) is 0.717. The van der Waals surface area contributed by atoms with Gasteiger partial charge >= 0.3 is 0 Å². The molecule has 6 nitrogen and oxygen atoms in total. The standard InChI is InChI=1S/C19H21N5O/c1-13-17(21-16-12-8-7-11-15(16)20)18(24(3)22-13)19(25)23(2)14-9-5-4-6-10-14/h4-12,21H,20H2,1-3H3. The lowest BCUT2D eigenvalue weighted by atomic mass is 10.2. The van der Waals surface area contributed by atoms with Crippen molar-refractivity contribution in [3.05, 3.63) is 66.0 Å². The number of aromatic nitrogens is 2. The van der Waals surface area contributed by atoms with Crippen LogP contribution in [-0.2, 0) is 7.05 Å². The minimum absolute atomic E-state index is 0.147. The molecular weight excluding hydrogens is 314 g/mol. The van der Waals surface area contributed by atoms with E-state index in [0.717, 1.165) is 17.1 Å². The van der Waals surface area contributed by atoms with Gasteiger partial charge in [-0.15, -0.1) is 0 Å². The topological polar surface area (TPSA) is 76.2 Å². The summed E-state index contributed by atoms with van der Waals surface area (Å²) >= 11 is 0. The third-order valence-electron chi connectivity index (χ3n) is 4.09. The Morgan fingerprint density at radius 3 is 2.44 bits per heavy atom. The Hall–Kier alpha value is -3.28. The predicted octanol–water partition coefficient (Wildman–Crippen LogP) is 3.33. The van der Waals surface area contributed by atoms with Crippen LogP contribution >= 0.6 is 0 Å². The zero-order valence-corrected chi connectivity index (χ0v) is 14.5. The molecule has 128 valence electrons. The second kappa shape index (κ2) is 6.68. The van der Waals surface area contributed by atoms with Crippen molar-refractivity contribution >= 4 is 28.7 Å². The Labute approximate surface area is 146 Å². The van der Waals surface area contributed by atoms with Gasteiger partial charge in [0.05, 0.1) is 22.8 Å². The molecule has 2 aromatic carbocycles. The number of hydrogen-bond donors (Lipinski definition) is 2. The molecule has 0 saturated heterocycles. The van der Waals surface area contributed by atoms with E-state index in [1.54, 1.807) is 23.7 Å². The average molecular weight is 335 g/mol. The maximum absolute atomic E-state index is 13.1. The summed E-state index contributed by atoms with van der Waals surface area (Å²) in [5.41, 5.74) is 10.1. The third-order valence-corrected chi connectivity index (χ3v) is 4.09. The van der Waals surface area contributed by atoms with E-state index >= 15 is 0 Å². The molecule has 0 aliphatic heterocycles. The van der Waals surface area contributed by atoms with E-state index in [1.807, 2.05) is 61.5 Å². The van der Waals surface area contributed by atoms with Gasteiger partial charge in [-0.05, 0) is 31.2 Å². The van der Waals surface area contributed by atoms with Crippen molar-refractivity contribution in [3.8, 4) is 0 Å². The summed E-state index contributed by atoms with van der Waals surface area (Å²) < 4.78 is 1.60. The highest BCUT2D eigenvalue weighted by atomic mass is 16.2. The summed E-state index contributed by atoms with van der Waals surface area (Å²) in [6, 6.07) is 16.9. The molecule has 0 bridgehead atoms. The summed E-state index contributed by atoms with van der Waals surface area (Å²) in [7, 11) is 3.51. The Morgan fingerprint density at radius 1 is 1.12 bits per heavy atom. The highest BCUT2D eigenvalue weighted by molar-refractivity contribution is 6.09. The van der Waals surface area contributed by atoms with Gasteiger partial charge in [-0.2, -0.15) is 5.10 Å². The number of para-hydroxylation sites is 3. The zero-order valence-electron chi connectivity index (χ0n) is 14.5. The highest BCUT2D eigenvalue weighted by Crippen LogP contribution is 2.29. The molecule has 0 aliphatic rings. The number of rotatable bonds is 4. The first-order chi connectivity index (χ1) is 12.0. The Kier molecular flexibility index (Phi) is 4.43. The van der Waals surface area contributed by atoms with E-state index in [9.17, 15) is 4.79 Å². The number of hydrogen-bond acceptors (Lipinski definition) is 4. The lowest BCUT2D eigenvalue weighted by Crippen LogP contribution is -2.28. The van der Waals surface area contributed by atoms with Gasteiger partial charge in [0, 0.05) is 19.8 Å². The smallest absolute Gasteiger partial charge is 0.278 e. The monoisotopic (exact) mass is 335 g/mol.